The number of benzene rings is 1. The minimum atomic E-state index is 0.132. The molecule has 2 heterocycles. The van der Waals surface area contributed by atoms with Gasteiger partial charge in [0.25, 0.3) is 0 Å². The normalized spacial score (nSPS) is 19.6. The number of ether oxygens (including phenoxy) is 1. The third-order valence-electron chi connectivity index (χ3n) is 4.43. The lowest BCUT2D eigenvalue weighted by Gasteiger charge is -2.29. The Kier molecular flexibility index (Phi) is 5.43. The minimum Gasteiger partial charge on any atom is -0.379 e. The fraction of sp³-hybridized carbons (Fsp3) is 0.588. The van der Waals surface area contributed by atoms with Crippen molar-refractivity contribution < 1.29 is 9.53 Å². The quantitative estimate of drug-likeness (QED) is 0.860. The van der Waals surface area contributed by atoms with Gasteiger partial charge in [0.15, 0.2) is 0 Å². The summed E-state index contributed by atoms with van der Waals surface area (Å²) >= 11 is 0. The Balaban J connectivity index is 1.37. The van der Waals surface area contributed by atoms with Crippen LogP contribution in [0.5, 0.6) is 0 Å². The van der Waals surface area contributed by atoms with Gasteiger partial charge in [-0.25, -0.2) is 0 Å². The van der Waals surface area contributed by atoms with Gasteiger partial charge in [-0.15, -0.1) is 0 Å². The molecule has 0 unspecified atom stereocenters. The van der Waals surface area contributed by atoms with Crippen LogP contribution in [0.3, 0.4) is 0 Å². The van der Waals surface area contributed by atoms with E-state index in [2.05, 4.69) is 39.4 Å². The molecule has 0 saturated carbocycles. The number of rotatable bonds is 5. The largest absolute Gasteiger partial charge is 0.379 e. The summed E-state index contributed by atoms with van der Waals surface area (Å²) in [5.41, 5.74) is 2.78. The van der Waals surface area contributed by atoms with Crippen molar-refractivity contribution in [2.75, 3.05) is 52.5 Å². The lowest BCUT2D eigenvalue weighted by atomic mass is 10.00. The van der Waals surface area contributed by atoms with Crippen LogP contribution in [0.2, 0.25) is 0 Å². The first kappa shape index (κ1) is 15.5. The van der Waals surface area contributed by atoms with Crippen LogP contribution < -0.4 is 5.32 Å². The molecular weight excluding hydrogens is 278 g/mol. The second-order valence-electron chi connectivity index (χ2n) is 6.03. The molecule has 1 N–H and O–H groups in total. The molecule has 0 atom stereocenters. The van der Waals surface area contributed by atoms with E-state index >= 15 is 0 Å². The molecule has 3 rings (SSSR count). The molecule has 1 fully saturated rings. The molecule has 120 valence electrons. The number of nitrogens with one attached hydrogen (secondary N) is 1. The Hall–Kier alpha value is -1.43. The predicted octanol–water partition coefficient (Wildman–Crippen LogP) is 0.493. The van der Waals surface area contributed by atoms with Gasteiger partial charge in [0.2, 0.25) is 5.91 Å². The topological polar surface area (TPSA) is 44.8 Å². The summed E-state index contributed by atoms with van der Waals surface area (Å²) in [6.07, 6.45) is 1.04. The molecule has 1 aromatic carbocycles. The molecule has 2 aliphatic heterocycles. The van der Waals surface area contributed by atoms with Crippen molar-refractivity contribution in [1.82, 2.24) is 15.1 Å². The van der Waals surface area contributed by atoms with Gasteiger partial charge in [0.05, 0.1) is 19.8 Å². The highest BCUT2D eigenvalue weighted by Gasteiger charge is 2.18. The van der Waals surface area contributed by atoms with Crippen molar-refractivity contribution in [3.05, 3.63) is 35.4 Å². The van der Waals surface area contributed by atoms with Gasteiger partial charge in [-0.1, -0.05) is 24.3 Å². The predicted molar refractivity (Wildman–Crippen MR) is 85.7 cm³/mol. The van der Waals surface area contributed by atoms with Crippen molar-refractivity contribution in [3.63, 3.8) is 0 Å². The zero-order chi connectivity index (χ0) is 15.2. The van der Waals surface area contributed by atoms with Crippen molar-refractivity contribution in [2.45, 2.75) is 13.0 Å². The first-order valence-corrected chi connectivity index (χ1v) is 8.17. The fourth-order valence-electron chi connectivity index (χ4n) is 3.13. The van der Waals surface area contributed by atoms with Gasteiger partial charge in [0.1, 0.15) is 0 Å². The van der Waals surface area contributed by atoms with E-state index in [0.717, 1.165) is 58.9 Å². The monoisotopic (exact) mass is 303 g/mol. The first-order valence-electron chi connectivity index (χ1n) is 8.17. The molecule has 22 heavy (non-hydrogen) atoms. The van der Waals surface area contributed by atoms with E-state index in [0.29, 0.717) is 6.54 Å². The second-order valence-corrected chi connectivity index (χ2v) is 6.03. The van der Waals surface area contributed by atoms with E-state index < -0.39 is 0 Å². The highest BCUT2D eigenvalue weighted by molar-refractivity contribution is 5.78. The van der Waals surface area contributed by atoms with Crippen LogP contribution in [-0.2, 0) is 22.5 Å². The standard InChI is InChI=1S/C17H25N3O2/c21-17(18-6-8-19-9-11-22-12-10-19)14-20-7-5-15-3-1-2-4-16(15)13-20/h1-4H,5-14H2,(H,18,21). The molecule has 0 radical (unpaired) electrons. The van der Waals surface area contributed by atoms with Crippen LogP contribution in [-0.4, -0.2) is 68.2 Å². The molecule has 1 amide bonds. The van der Waals surface area contributed by atoms with Gasteiger partial charge in [-0.3, -0.25) is 14.6 Å². The molecule has 5 heteroatoms. The van der Waals surface area contributed by atoms with Crippen molar-refractivity contribution in [2.24, 2.45) is 0 Å². The molecule has 5 nitrogen and oxygen atoms in total. The molecular formula is C17H25N3O2. The maximum Gasteiger partial charge on any atom is 0.234 e. The Labute approximate surface area is 132 Å². The fourth-order valence-corrected chi connectivity index (χ4v) is 3.13. The molecule has 1 saturated heterocycles. The zero-order valence-electron chi connectivity index (χ0n) is 13.1. The maximum atomic E-state index is 12.1. The molecule has 0 aliphatic carbocycles. The third-order valence-corrected chi connectivity index (χ3v) is 4.43. The average Bonchev–Trinajstić information content (AvgIpc) is 2.56. The molecule has 1 aromatic rings. The minimum absolute atomic E-state index is 0.132. The van der Waals surface area contributed by atoms with Gasteiger partial charge in [-0.05, 0) is 17.5 Å². The van der Waals surface area contributed by atoms with Gasteiger partial charge < -0.3 is 10.1 Å². The number of carbonyl (C=O) groups is 1. The number of hydrogen-bond acceptors (Lipinski definition) is 4. The summed E-state index contributed by atoms with van der Waals surface area (Å²) in [6, 6.07) is 8.52. The number of hydrogen-bond donors (Lipinski definition) is 1. The first-order chi connectivity index (χ1) is 10.8. The van der Waals surface area contributed by atoms with Gasteiger partial charge in [-0.2, -0.15) is 0 Å². The number of amides is 1. The molecule has 0 aromatic heterocycles. The summed E-state index contributed by atoms with van der Waals surface area (Å²) < 4.78 is 5.32. The Morgan fingerprint density at radius 1 is 1.09 bits per heavy atom. The van der Waals surface area contributed by atoms with E-state index in [9.17, 15) is 4.79 Å². The smallest absolute Gasteiger partial charge is 0.234 e. The summed E-state index contributed by atoms with van der Waals surface area (Å²) in [5, 5.41) is 3.04. The van der Waals surface area contributed by atoms with Crippen LogP contribution in [0.25, 0.3) is 0 Å². The Bertz CT molecular complexity index is 500. The van der Waals surface area contributed by atoms with E-state index in [4.69, 9.17) is 4.74 Å². The number of nitrogens with zero attached hydrogens (tertiary/aromatic N) is 2. The van der Waals surface area contributed by atoms with E-state index in [1.54, 1.807) is 0 Å². The maximum absolute atomic E-state index is 12.1. The summed E-state index contributed by atoms with van der Waals surface area (Å²) in [6.45, 7) is 7.54. The van der Waals surface area contributed by atoms with Gasteiger partial charge >= 0.3 is 0 Å². The number of fused-ring (bicyclic) bond motifs is 1. The van der Waals surface area contributed by atoms with E-state index in [-0.39, 0.29) is 5.91 Å². The zero-order valence-corrected chi connectivity index (χ0v) is 13.1. The summed E-state index contributed by atoms with van der Waals surface area (Å²) in [4.78, 5) is 16.6. The third kappa shape index (κ3) is 4.29. The summed E-state index contributed by atoms with van der Waals surface area (Å²) in [5.74, 6) is 0.132. The van der Waals surface area contributed by atoms with Crippen LogP contribution in [0, 0.1) is 0 Å². The lowest BCUT2D eigenvalue weighted by molar-refractivity contribution is -0.122. The second kappa shape index (κ2) is 7.72. The SMILES string of the molecule is O=C(CN1CCc2ccccc2C1)NCCN1CCOCC1. The number of carbonyl (C=O) groups excluding carboxylic acids is 1. The van der Waals surface area contributed by atoms with Crippen molar-refractivity contribution in [3.8, 4) is 0 Å². The van der Waals surface area contributed by atoms with Gasteiger partial charge in [0, 0.05) is 39.3 Å². The Morgan fingerprint density at radius 2 is 1.86 bits per heavy atom. The molecule has 2 aliphatic rings. The van der Waals surface area contributed by atoms with Crippen LogP contribution in [0.1, 0.15) is 11.1 Å². The van der Waals surface area contributed by atoms with Crippen molar-refractivity contribution in [1.29, 1.82) is 0 Å². The molecule has 0 bridgehead atoms. The van der Waals surface area contributed by atoms with Crippen LogP contribution in [0.4, 0.5) is 0 Å². The van der Waals surface area contributed by atoms with Crippen molar-refractivity contribution >= 4 is 5.91 Å². The highest BCUT2D eigenvalue weighted by atomic mass is 16.5. The van der Waals surface area contributed by atoms with Crippen LogP contribution in [0.15, 0.2) is 24.3 Å². The van der Waals surface area contributed by atoms with Crippen LogP contribution >= 0.6 is 0 Å². The average molecular weight is 303 g/mol. The van der Waals surface area contributed by atoms with E-state index in [1.165, 1.54) is 11.1 Å². The summed E-state index contributed by atoms with van der Waals surface area (Å²) in [7, 11) is 0. The van der Waals surface area contributed by atoms with E-state index in [1.807, 2.05) is 0 Å². The number of morpholine rings is 1. The molecule has 0 spiro atoms. The Morgan fingerprint density at radius 3 is 2.68 bits per heavy atom. The lowest BCUT2D eigenvalue weighted by Crippen LogP contribution is -2.44. The highest BCUT2D eigenvalue weighted by Crippen LogP contribution is 2.17.